The average Bonchev–Trinajstić information content (AvgIpc) is 2.49. The van der Waals surface area contributed by atoms with E-state index in [1.807, 2.05) is 36.1 Å². The number of carboxylic acid groups (broad SMARTS) is 1. The van der Waals surface area contributed by atoms with Crippen LogP contribution in [0, 0.1) is 24.2 Å². The van der Waals surface area contributed by atoms with E-state index in [1.54, 1.807) is 0 Å². The molecule has 1 N–H and O–H groups in total. The van der Waals surface area contributed by atoms with E-state index in [0.29, 0.717) is 19.5 Å². The van der Waals surface area contributed by atoms with Crippen LogP contribution in [0.4, 0.5) is 5.69 Å². The Morgan fingerprint density at radius 2 is 2.14 bits per heavy atom. The van der Waals surface area contributed by atoms with Crippen molar-refractivity contribution < 1.29 is 19.4 Å². The summed E-state index contributed by atoms with van der Waals surface area (Å²) in [7, 11) is 0. The van der Waals surface area contributed by atoms with Crippen molar-refractivity contribution in [3.63, 3.8) is 0 Å². The molecule has 0 amide bonds. The molecule has 1 atom stereocenters. The van der Waals surface area contributed by atoms with E-state index in [2.05, 4.69) is 6.07 Å². The van der Waals surface area contributed by atoms with Gasteiger partial charge in [-0.3, -0.25) is 9.59 Å². The van der Waals surface area contributed by atoms with E-state index >= 15 is 0 Å². The molecule has 1 unspecified atom stereocenters. The Labute approximate surface area is 129 Å². The molecule has 1 aromatic rings. The fourth-order valence-electron chi connectivity index (χ4n) is 1.86. The molecule has 6 nitrogen and oxygen atoms in total. The molecule has 0 spiro atoms. The Morgan fingerprint density at radius 1 is 1.41 bits per heavy atom. The molecule has 0 aliphatic heterocycles. The molecule has 0 heterocycles. The van der Waals surface area contributed by atoms with Crippen molar-refractivity contribution in [1.29, 1.82) is 5.26 Å². The summed E-state index contributed by atoms with van der Waals surface area (Å²) in [6.07, 6.45) is 0.355. The maximum Gasteiger partial charge on any atom is 0.320 e. The summed E-state index contributed by atoms with van der Waals surface area (Å²) in [4.78, 5) is 24.1. The summed E-state index contributed by atoms with van der Waals surface area (Å²) in [5.74, 6) is -3.13. The Hall–Kier alpha value is -2.55. The quantitative estimate of drug-likeness (QED) is 0.583. The first kappa shape index (κ1) is 17.5. The van der Waals surface area contributed by atoms with Gasteiger partial charge in [-0.2, -0.15) is 5.26 Å². The van der Waals surface area contributed by atoms with Gasteiger partial charge < -0.3 is 14.7 Å². The van der Waals surface area contributed by atoms with Crippen LogP contribution >= 0.6 is 0 Å². The van der Waals surface area contributed by atoms with Crippen molar-refractivity contribution in [2.75, 3.05) is 24.6 Å². The van der Waals surface area contributed by atoms with Gasteiger partial charge in [-0.1, -0.05) is 12.1 Å². The zero-order valence-corrected chi connectivity index (χ0v) is 12.8. The highest BCUT2D eigenvalue weighted by atomic mass is 16.5. The molecule has 0 fully saturated rings. The van der Waals surface area contributed by atoms with Crippen molar-refractivity contribution in [2.24, 2.45) is 5.92 Å². The molecule has 1 rings (SSSR count). The topological polar surface area (TPSA) is 90.6 Å². The van der Waals surface area contributed by atoms with Crippen LogP contribution in [-0.2, 0) is 14.3 Å². The van der Waals surface area contributed by atoms with E-state index in [-0.39, 0.29) is 6.61 Å². The average molecular weight is 304 g/mol. The van der Waals surface area contributed by atoms with Gasteiger partial charge in [-0.05, 0) is 31.5 Å². The molecule has 0 aromatic heterocycles. The second-order valence-corrected chi connectivity index (χ2v) is 4.96. The van der Waals surface area contributed by atoms with Crippen LogP contribution in [0.1, 0.15) is 18.9 Å². The molecule has 0 aliphatic rings. The van der Waals surface area contributed by atoms with Crippen molar-refractivity contribution in [3.8, 4) is 6.07 Å². The lowest BCUT2D eigenvalue weighted by atomic mass is 10.2. The highest BCUT2D eigenvalue weighted by molar-refractivity contribution is 5.93. The minimum Gasteiger partial charge on any atom is -0.481 e. The van der Waals surface area contributed by atoms with Crippen LogP contribution in [0.15, 0.2) is 24.3 Å². The standard InChI is InChI=1S/C16H20N2O4/c1-12-5-3-6-14(11-12)18(8-4-7-17)9-10-22-16(21)13(2)15(19)20/h3,5-6,11,13H,4,8-10H2,1-2H3,(H,19,20). The van der Waals surface area contributed by atoms with E-state index in [0.717, 1.165) is 11.3 Å². The molecule has 118 valence electrons. The number of esters is 1. The highest BCUT2D eigenvalue weighted by Gasteiger charge is 2.22. The zero-order chi connectivity index (χ0) is 16.5. The zero-order valence-electron chi connectivity index (χ0n) is 12.8. The van der Waals surface area contributed by atoms with Crippen molar-refractivity contribution in [1.82, 2.24) is 0 Å². The predicted octanol–water partition coefficient (Wildman–Crippen LogP) is 1.98. The third kappa shape index (κ3) is 5.44. The second kappa shape index (κ2) is 8.67. The first-order chi connectivity index (χ1) is 10.5. The number of nitrogens with zero attached hydrogens (tertiary/aromatic N) is 2. The lowest BCUT2D eigenvalue weighted by molar-refractivity contribution is -0.157. The number of carbonyl (C=O) groups excluding carboxylic acids is 1. The number of rotatable bonds is 8. The van der Waals surface area contributed by atoms with E-state index < -0.39 is 17.9 Å². The van der Waals surface area contributed by atoms with Crippen LogP contribution in [0.25, 0.3) is 0 Å². The normalized spacial score (nSPS) is 11.3. The number of carboxylic acids is 1. The number of aliphatic carboxylic acids is 1. The summed E-state index contributed by atoms with van der Waals surface area (Å²) >= 11 is 0. The fraction of sp³-hybridized carbons (Fsp3) is 0.438. The van der Waals surface area contributed by atoms with E-state index in [1.165, 1.54) is 6.92 Å². The highest BCUT2D eigenvalue weighted by Crippen LogP contribution is 2.16. The minimum absolute atomic E-state index is 0.0792. The lowest BCUT2D eigenvalue weighted by Gasteiger charge is -2.24. The largest absolute Gasteiger partial charge is 0.481 e. The van der Waals surface area contributed by atoms with Crippen LogP contribution in [-0.4, -0.2) is 36.7 Å². The van der Waals surface area contributed by atoms with Gasteiger partial charge in [0, 0.05) is 12.2 Å². The maximum absolute atomic E-state index is 11.5. The molecule has 0 aliphatic carbocycles. The fourth-order valence-corrected chi connectivity index (χ4v) is 1.86. The SMILES string of the molecule is Cc1cccc(N(CCC#N)CCOC(=O)C(C)C(=O)O)c1. The Kier molecular flexibility index (Phi) is 6.90. The molecular formula is C16H20N2O4. The van der Waals surface area contributed by atoms with Gasteiger partial charge in [-0.15, -0.1) is 0 Å². The molecule has 0 saturated carbocycles. The minimum atomic E-state index is -1.20. The summed E-state index contributed by atoms with van der Waals surface area (Å²) in [6.45, 7) is 4.27. The van der Waals surface area contributed by atoms with Crippen molar-refractivity contribution in [3.05, 3.63) is 29.8 Å². The number of benzene rings is 1. The third-order valence-corrected chi connectivity index (χ3v) is 3.19. The van der Waals surface area contributed by atoms with E-state index in [9.17, 15) is 9.59 Å². The second-order valence-electron chi connectivity index (χ2n) is 4.96. The molecular weight excluding hydrogens is 284 g/mol. The molecule has 0 saturated heterocycles. The summed E-state index contributed by atoms with van der Waals surface area (Å²) < 4.78 is 4.98. The Balaban J connectivity index is 2.61. The van der Waals surface area contributed by atoms with E-state index in [4.69, 9.17) is 15.1 Å². The molecule has 22 heavy (non-hydrogen) atoms. The first-order valence-corrected chi connectivity index (χ1v) is 7.03. The third-order valence-electron chi connectivity index (χ3n) is 3.19. The van der Waals surface area contributed by atoms with Gasteiger partial charge in [-0.25, -0.2) is 0 Å². The molecule has 0 bridgehead atoms. The summed E-state index contributed by atoms with van der Waals surface area (Å²) in [6, 6.07) is 9.89. The predicted molar refractivity (Wildman–Crippen MR) is 81.4 cm³/mol. The molecule has 0 radical (unpaired) electrons. The lowest BCUT2D eigenvalue weighted by Crippen LogP contribution is -2.31. The molecule has 1 aromatic carbocycles. The van der Waals surface area contributed by atoms with Crippen LogP contribution in [0.5, 0.6) is 0 Å². The van der Waals surface area contributed by atoms with Gasteiger partial charge in [0.25, 0.3) is 0 Å². The first-order valence-electron chi connectivity index (χ1n) is 7.03. The molecule has 6 heteroatoms. The van der Waals surface area contributed by atoms with Gasteiger partial charge in [0.15, 0.2) is 5.92 Å². The van der Waals surface area contributed by atoms with Crippen LogP contribution < -0.4 is 4.90 Å². The van der Waals surface area contributed by atoms with Gasteiger partial charge in [0.2, 0.25) is 0 Å². The number of nitriles is 1. The van der Waals surface area contributed by atoms with Gasteiger partial charge in [0.05, 0.1) is 19.0 Å². The number of aryl methyl sites for hydroxylation is 1. The van der Waals surface area contributed by atoms with Crippen LogP contribution in [0.3, 0.4) is 0 Å². The Bertz CT molecular complexity index is 566. The van der Waals surface area contributed by atoms with Crippen molar-refractivity contribution >= 4 is 17.6 Å². The van der Waals surface area contributed by atoms with Gasteiger partial charge >= 0.3 is 11.9 Å². The van der Waals surface area contributed by atoms with Crippen molar-refractivity contribution in [2.45, 2.75) is 20.3 Å². The number of ether oxygens (including phenoxy) is 1. The number of hydrogen-bond acceptors (Lipinski definition) is 5. The smallest absolute Gasteiger partial charge is 0.320 e. The summed E-state index contributed by atoms with van der Waals surface area (Å²) in [5.41, 5.74) is 2.04. The number of carbonyl (C=O) groups is 2. The van der Waals surface area contributed by atoms with Crippen LogP contribution in [0.2, 0.25) is 0 Å². The van der Waals surface area contributed by atoms with Gasteiger partial charge in [0.1, 0.15) is 6.61 Å². The number of anilines is 1. The number of hydrogen-bond donors (Lipinski definition) is 1. The summed E-state index contributed by atoms with van der Waals surface area (Å²) in [5, 5.41) is 17.5. The Morgan fingerprint density at radius 3 is 2.73 bits per heavy atom. The monoisotopic (exact) mass is 304 g/mol. The maximum atomic E-state index is 11.5.